The maximum absolute atomic E-state index is 12.3. The van der Waals surface area contributed by atoms with Gasteiger partial charge >= 0.3 is 5.97 Å². The van der Waals surface area contributed by atoms with Gasteiger partial charge in [-0.1, -0.05) is 34.8 Å². The van der Waals surface area contributed by atoms with Gasteiger partial charge in [-0.15, -0.1) is 0 Å². The highest BCUT2D eigenvalue weighted by molar-refractivity contribution is 6.44. The van der Waals surface area contributed by atoms with Crippen molar-refractivity contribution in [2.45, 2.75) is 43.9 Å². The van der Waals surface area contributed by atoms with E-state index in [0.717, 1.165) is 12.8 Å². The standard InChI is InChI=1S/C15H16Cl3NO2/c1-19-8-2-3-9(19)5-10(4-8)21-15(20)11-6-13(17)14(18)7-12(11)16/h6-10H,2-5H2,1H3. The van der Waals surface area contributed by atoms with Crippen LogP contribution in [0, 0.1) is 0 Å². The molecule has 2 aliphatic heterocycles. The lowest BCUT2D eigenvalue weighted by molar-refractivity contribution is -0.000429. The number of halogens is 3. The molecule has 3 rings (SSSR count). The van der Waals surface area contributed by atoms with Crippen molar-refractivity contribution in [3.05, 3.63) is 32.8 Å². The molecule has 0 N–H and O–H groups in total. The van der Waals surface area contributed by atoms with Crippen molar-refractivity contribution < 1.29 is 9.53 Å². The van der Waals surface area contributed by atoms with Gasteiger partial charge in [0.1, 0.15) is 6.10 Å². The lowest BCUT2D eigenvalue weighted by Crippen LogP contribution is -2.43. The first-order chi connectivity index (χ1) is 9.95. The first kappa shape index (κ1) is 15.4. The van der Waals surface area contributed by atoms with Crippen LogP contribution in [0.2, 0.25) is 15.1 Å². The number of hydrogen-bond acceptors (Lipinski definition) is 3. The summed E-state index contributed by atoms with van der Waals surface area (Å²) in [6.45, 7) is 0. The molecule has 3 nitrogen and oxygen atoms in total. The number of carbonyl (C=O) groups is 1. The zero-order valence-electron chi connectivity index (χ0n) is 11.6. The van der Waals surface area contributed by atoms with Gasteiger partial charge in [-0.25, -0.2) is 4.79 Å². The SMILES string of the molecule is CN1C2CCC1CC(OC(=O)c1cc(Cl)c(Cl)cc1Cl)C2. The van der Waals surface area contributed by atoms with Crippen LogP contribution in [0.25, 0.3) is 0 Å². The normalized spacial score (nSPS) is 28.7. The van der Waals surface area contributed by atoms with Crippen LogP contribution in [0.1, 0.15) is 36.0 Å². The predicted molar refractivity (Wildman–Crippen MR) is 84.5 cm³/mol. The molecule has 0 aliphatic carbocycles. The molecule has 0 radical (unpaired) electrons. The summed E-state index contributed by atoms with van der Waals surface area (Å²) in [6, 6.07) is 3.98. The summed E-state index contributed by atoms with van der Waals surface area (Å²) in [5, 5.41) is 0.900. The molecule has 2 saturated heterocycles. The van der Waals surface area contributed by atoms with Gasteiger partial charge in [0.05, 0.1) is 20.6 Å². The highest BCUT2D eigenvalue weighted by Crippen LogP contribution is 2.36. The molecule has 0 amide bonds. The molecule has 0 saturated carbocycles. The van der Waals surface area contributed by atoms with E-state index in [9.17, 15) is 4.79 Å². The lowest BCUT2D eigenvalue weighted by Gasteiger charge is -2.35. The van der Waals surface area contributed by atoms with Crippen molar-refractivity contribution in [1.29, 1.82) is 0 Å². The number of rotatable bonds is 2. The summed E-state index contributed by atoms with van der Waals surface area (Å²) in [5.41, 5.74) is 0.275. The molecule has 2 atom stereocenters. The predicted octanol–water partition coefficient (Wildman–Crippen LogP) is 4.43. The Morgan fingerprint density at radius 2 is 1.67 bits per heavy atom. The second kappa shape index (κ2) is 5.96. The summed E-state index contributed by atoms with van der Waals surface area (Å²) in [7, 11) is 2.15. The van der Waals surface area contributed by atoms with Gasteiger partial charge in [0.15, 0.2) is 0 Å². The molecule has 2 heterocycles. The van der Waals surface area contributed by atoms with Crippen molar-refractivity contribution in [2.24, 2.45) is 0 Å². The Bertz CT molecular complexity index is 564. The third-order valence-corrected chi connectivity index (χ3v) is 5.59. The molecular formula is C15H16Cl3NO2. The summed E-state index contributed by atoms with van der Waals surface area (Å²) < 4.78 is 5.63. The van der Waals surface area contributed by atoms with Crippen LogP contribution in [0.3, 0.4) is 0 Å². The van der Waals surface area contributed by atoms with E-state index in [1.807, 2.05) is 0 Å². The Kier molecular flexibility index (Phi) is 4.37. The van der Waals surface area contributed by atoms with E-state index in [2.05, 4.69) is 11.9 Å². The van der Waals surface area contributed by atoms with Gasteiger partial charge in [0.2, 0.25) is 0 Å². The zero-order valence-corrected chi connectivity index (χ0v) is 13.9. The average Bonchev–Trinajstić information content (AvgIpc) is 2.64. The number of fused-ring (bicyclic) bond motifs is 2. The minimum atomic E-state index is -0.424. The third kappa shape index (κ3) is 3.02. The Morgan fingerprint density at radius 1 is 1.10 bits per heavy atom. The van der Waals surface area contributed by atoms with E-state index in [1.165, 1.54) is 25.0 Å². The molecule has 21 heavy (non-hydrogen) atoms. The summed E-state index contributed by atoms with van der Waals surface area (Å²) in [5.74, 6) is -0.424. The Balaban J connectivity index is 1.71. The first-order valence-electron chi connectivity index (χ1n) is 7.03. The van der Waals surface area contributed by atoms with Crippen molar-refractivity contribution in [3.8, 4) is 0 Å². The van der Waals surface area contributed by atoms with Crippen LogP contribution in [0.4, 0.5) is 0 Å². The van der Waals surface area contributed by atoms with Gasteiger partial charge in [-0.05, 0) is 32.0 Å². The van der Waals surface area contributed by atoms with E-state index in [0.29, 0.717) is 22.1 Å². The van der Waals surface area contributed by atoms with Gasteiger partial charge in [0.25, 0.3) is 0 Å². The minimum Gasteiger partial charge on any atom is -0.459 e. The zero-order chi connectivity index (χ0) is 15.1. The molecule has 2 aliphatic rings. The summed E-state index contributed by atoms with van der Waals surface area (Å²) in [6.07, 6.45) is 4.10. The number of carbonyl (C=O) groups excluding carboxylic acids is 1. The quantitative estimate of drug-likeness (QED) is 0.585. The number of piperidine rings is 1. The molecular weight excluding hydrogens is 333 g/mol. The monoisotopic (exact) mass is 347 g/mol. The van der Waals surface area contributed by atoms with Crippen LogP contribution >= 0.6 is 34.8 Å². The fourth-order valence-corrected chi connectivity index (χ4v) is 3.98. The van der Waals surface area contributed by atoms with Gasteiger partial charge in [0, 0.05) is 24.9 Å². The molecule has 2 unspecified atom stereocenters. The van der Waals surface area contributed by atoms with E-state index in [-0.39, 0.29) is 16.7 Å². The molecule has 0 spiro atoms. The largest absolute Gasteiger partial charge is 0.459 e. The summed E-state index contributed by atoms with van der Waals surface area (Å²) >= 11 is 17.9. The number of nitrogens with zero attached hydrogens (tertiary/aromatic N) is 1. The average molecular weight is 349 g/mol. The minimum absolute atomic E-state index is 0.0447. The van der Waals surface area contributed by atoms with Gasteiger partial charge < -0.3 is 9.64 Å². The number of esters is 1. The van der Waals surface area contributed by atoms with Crippen LogP contribution in [0.15, 0.2) is 12.1 Å². The Labute approximate surface area is 139 Å². The smallest absolute Gasteiger partial charge is 0.339 e. The first-order valence-corrected chi connectivity index (χ1v) is 8.16. The van der Waals surface area contributed by atoms with Crippen molar-refractivity contribution >= 4 is 40.8 Å². The maximum Gasteiger partial charge on any atom is 0.339 e. The second-order valence-electron chi connectivity index (χ2n) is 5.80. The van der Waals surface area contributed by atoms with Crippen LogP contribution in [-0.4, -0.2) is 36.1 Å². The maximum atomic E-state index is 12.3. The summed E-state index contributed by atoms with van der Waals surface area (Å²) in [4.78, 5) is 14.7. The van der Waals surface area contributed by atoms with E-state index in [1.54, 1.807) is 0 Å². The Morgan fingerprint density at radius 3 is 2.29 bits per heavy atom. The van der Waals surface area contributed by atoms with Crippen LogP contribution in [-0.2, 0) is 4.74 Å². The molecule has 6 heteroatoms. The highest BCUT2D eigenvalue weighted by atomic mass is 35.5. The van der Waals surface area contributed by atoms with Crippen LogP contribution in [0.5, 0.6) is 0 Å². The number of ether oxygens (including phenoxy) is 1. The molecule has 2 bridgehead atoms. The number of benzene rings is 1. The van der Waals surface area contributed by atoms with Crippen molar-refractivity contribution in [3.63, 3.8) is 0 Å². The third-order valence-electron chi connectivity index (χ3n) is 4.56. The van der Waals surface area contributed by atoms with Crippen molar-refractivity contribution in [1.82, 2.24) is 4.90 Å². The van der Waals surface area contributed by atoms with Crippen molar-refractivity contribution in [2.75, 3.05) is 7.05 Å². The second-order valence-corrected chi connectivity index (χ2v) is 7.02. The molecule has 0 aromatic heterocycles. The van der Waals surface area contributed by atoms with E-state index < -0.39 is 5.97 Å². The molecule has 2 fully saturated rings. The topological polar surface area (TPSA) is 29.5 Å². The van der Waals surface area contributed by atoms with Gasteiger partial charge in [-0.2, -0.15) is 0 Å². The highest BCUT2D eigenvalue weighted by Gasteiger charge is 2.40. The van der Waals surface area contributed by atoms with E-state index >= 15 is 0 Å². The molecule has 1 aromatic rings. The van der Waals surface area contributed by atoms with Gasteiger partial charge in [-0.3, -0.25) is 0 Å². The Hall–Kier alpha value is -0.480. The molecule has 1 aromatic carbocycles. The fraction of sp³-hybridized carbons (Fsp3) is 0.533. The fourth-order valence-electron chi connectivity index (χ4n) is 3.35. The van der Waals surface area contributed by atoms with E-state index in [4.69, 9.17) is 39.5 Å². The lowest BCUT2D eigenvalue weighted by atomic mass is 10.0. The van der Waals surface area contributed by atoms with Crippen LogP contribution < -0.4 is 0 Å². The molecule has 114 valence electrons. The number of hydrogen-bond donors (Lipinski definition) is 0.